The Balaban J connectivity index is 2.18. The molecule has 3 rings (SSSR count). The number of hydrogen-bond acceptors (Lipinski definition) is 3. The van der Waals surface area contributed by atoms with Gasteiger partial charge in [-0.3, -0.25) is 0 Å². The minimum absolute atomic E-state index is 0.115. The maximum absolute atomic E-state index is 10.8. The molecule has 0 saturated carbocycles. The lowest BCUT2D eigenvalue weighted by Gasteiger charge is -2.13. The quantitative estimate of drug-likeness (QED) is 0.597. The van der Waals surface area contributed by atoms with Crippen molar-refractivity contribution in [2.45, 2.75) is 19.4 Å². The molecule has 2 N–H and O–H groups in total. The Morgan fingerprint density at radius 1 is 1.14 bits per heavy atom. The molecule has 0 aliphatic heterocycles. The van der Waals surface area contributed by atoms with E-state index in [9.17, 15) is 10.2 Å². The second-order valence-corrected chi connectivity index (χ2v) is 6.73. The monoisotopic (exact) mass is 424 g/mol. The molecule has 2 aromatic carbocycles. The maximum atomic E-state index is 10.8. The number of rotatable bonds is 3. The number of hydrogen-bond donors (Lipinski definition) is 2. The molecule has 0 aliphatic rings. The van der Waals surface area contributed by atoms with Crippen molar-refractivity contribution in [3.63, 3.8) is 0 Å². The average molecular weight is 426 g/mol. The molecule has 114 valence electrons. The molecule has 0 saturated heterocycles. The van der Waals surface area contributed by atoms with Gasteiger partial charge in [-0.25, -0.2) is 0 Å². The summed E-state index contributed by atoms with van der Waals surface area (Å²) in [4.78, 5) is 0. The SMILES string of the molecule is CCc1oc2ccccc2c1[C@@H](O)c1cc(Br)c(O)c(Br)c1. The number of aliphatic hydroxyl groups excluding tert-OH is 1. The van der Waals surface area contributed by atoms with Crippen LogP contribution in [0.3, 0.4) is 0 Å². The van der Waals surface area contributed by atoms with Gasteiger partial charge in [0.15, 0.2) is 0 Å². The molecule has 0 radical (unpaired) electrons. The number of furan rings is 1. The van der Waals surface area contributed by atoms with Crippen molar-refractivity contribution in [3.05, 3.63) is 62.2 Å². The molecule has 0 bridgehead atoms. The van der Waals surface area contributed by atoms with Crippen LogP contribution in [0.15, 0.2) is 49.8 Å². The third-order valence-corrected chi connectivity index (χ3v) is 4.87. The molecule has 3 nitrogen and oxygen atoms in total. The van der Waals surface area contributed by atoms with Gasteiger partial charge in [0.05, 0.1) is 8.95 Å². The Morgan fingerprint density at radius 3 is 2.41 bits per heavy atom. The standard InChI is InChI=1S/C17H14Br2O3/c1-2-13-15(10-5-3-4-6-14(10)22-13)16(20)9-7-11(18)17(21)12(19)8-9/h3-8,16,20-21H,2H2,1H3/t16-/m0/s1. The molecule has 0 unspecified atom stereocenters. The lowest BCUT2D eigenvalue weighted by atomic mass is 9.97. The van der Waals surface area contributed by atoms with Gasteiger partial charge in [-0.2, -0.15) is 0 Å². The molecule has 0 aliphatic carbocycles. The Morgan fingerprint density at radius 2 is 1.77 bits per heavy atom. The zero-order chi connectivity index (χ0) is 15.9. The summed E-state index contributed by atoms with van der Waals surface area (Å²) in [7, 11) is 0. The van der Waals surface area contributed by atoms with E-state index in [1.54, 1.807) is 12.1 Å². The zero-order valence-electron chi connectivity index (χ0n) is 11.8. The fraction of sp³-hybridized carbons (Fsp3) is 0.176. The Hall–Kier alpha value is -1.30. The van der Waals surface area contributed by atoms with Crippen LogP contribution in [0.4, 0.5) is 0 Å². The van der Waals surface area contributed by atoms with Crippen molar-refractivity contribution in [1.29, 1.82) is 0 Å². The lowest BCUT2D eigenvalue weighted by Crippen LogP contribution is -2.02. The van der Waals surface area contributed by atoms with Gasteiger partial charge in [0.2, 0.25) is 0 Å². The normalized spacial score (nSPS) is 12.7. The Bertz CT molecular complexity index is 816. The maximum Gasteiger partial charge on any atom is 0.143 e. The predicted octanol–water partition coefficient (Wildman–Crippen LogP) is 5.31. The first-order valence-corrected chi connectivity index (χ1v) is 8.47. The van der Waals surface area contributed by atoms with Gasteiger partial charge in [0, 0.05) is 17.4 Å². The van der Waals surface area contributed by atoms with Gasteiger partial charge in [-0.15, -0.1) is 0 Å². The lowest BCUT2D eigenvalue weighted by molar-refractivity contribution is 0.218. The number of phenolic OH excluding ortho intramolecular Hbond substituents is 1. The van der Waals surface area contributed by atoms with E-state index in [1.807, 2.05) is 31.2 Å². The van der Waals surface area contributed by atoms with E-state index >= 15 is 0 Å². The van der Waals surface area contributed by atoms with Crippen LogP contribution in [-0.2, 0) is 6.42 Å². The largest absolute Gasteiger partial charge is 0.506 e. The van der Waals surface area contributed by atoms with Gasteiger partial charge in [0.1, 0.15) is 23.2 Å². The van der Waals surface area contributed by atoms with Gasteiger partial charge in [-0.1, -0.05) is 25.1 Å². The number of phenols is 1. The first-order chi connectivity index (χ1) is 10.5. The second kappa shape index (κ2) is 6.07. The van der Waals surface area contributed by atoms with Crippen molar-refractivity contribution in [2.75, 3.05) is 0 Å². The van der Waals surface area contributed by atoms with Crippen molar-refractivity contribution in [2.24, 2.45) is 0 Å². The first kappa shape index (κ1) is 15.6. The van der Waals surface area contributed by atoms with E-state index in [2.05, 4.69) is 31.9 Å². The highest BCUT2D eigenvalue weighted by Gasteiger charge is 2.22. The third-order valence-electron chi connectivity index (χ3n) is 3.66. The minimum Gasteiger partial charge on any atom is -0.506 e. The summed E-state index contributed by atoms with van der Waals surface area (Å²) in [5, 5.41) is 21.6. The van der Waals surface area contributed by atoms with E-state index in [0.717, 1.165) is 22.3 Å². The first-order valence-electron chi connectivity index (χ1n) is 6.89. The molecule has 1 heterocycles. The average Bonchev–Trinajstić information content (AvgIpc) is 2.89. The van der Waals surface area contributed by atoms with E-state index in [4.69, 9.17) is 4.42 Å². The molecule has 0 amide bonds. The summed E-state index contributed by atoms with van der Waals surface area (Å²) in [6.07, 6.45) is -0.131. The number of aliphatic hydroxyl groups is 1. The second-order valence-electron chi connectivity index (χ2n) is 5.02. The highest BCUT2D eigenvalue weighted by atomic mass is 79.9. The summed E-state index contributed by atoms with van der Waals surface area (Å²) in [6.45, 7) is 2.00. The zero-order valence-corrected chi connectivity index (χ0v) is 15.0. The summed E-state index contributed by atoms with van der Waals surface area (Å²) in [6, 6.07) is 11.1. The van der Waals surface area contributed by atoms with Crippen LogP contribution in [0, 0.1) is 0 Å². The topological polar surface area (TPSA) is 53.6 Å². The Kier molecular flexibility index (Phi) is 4.30. The van der Waals surface area contributed by atoms with Crippen molar-refractivity contribution in [3.8, 4) is 5.75 Å². The smallest absolute Gasteiger partial charge is 0.143 e. The molecule has 5 heteroatoms. The molecular formula is C17H14Br2O3. The van der Waals surface area contributed by atoms with Gasteiger partial charge >= 0.3 is 0 Å². The fourth-order valence-corrected chi connectivity index (χ4v) is 3.81. The highest BCUT2D eigenvalue weighted by Crippen LogP contribution is 2.39. The number of halogens is 2. The van der Waals surface area contributed by atoms with Crippen LogP contribution in [0.1, 0.15) is 29.9 Å². The van der Waals surface area contributed by atoms with Crippen molar-refractivity contribution < 1.29 is 14.6 Å². The van der Waals surface area contributed by atoms with Crippen molar-refractivity contribution in [1.82, 2.24) is 0 Å². The van der Waals surface area contributed by atoms with Crippen LogP contribution in [0.5, 0.6) is 5.75 Å². The van der Waals surface area contributed by atoms with Crippen LogP contribution >= 0.6 is 31.9 Å². The van der Waals surface area contributed by atoms with Crippen LogP contribution in [-0.4, -0.2) is 10.2 Å². The molecular weight excluding hydrogens is 412 g/mol. The summed E-state index contributed by atoms with van der Waals surface area (Å²) >= 11 is 6.60. The van der Waals surface area contributed by atoms with Gasteiger partial charge < -0.3 is 14.6 Å². The molecule has 22 heavy (non-hydrogen) atoms. The predicted molar refractivity (Wildman–Crippen MR) is 93.2 cm³/mol. The van der Waals surface area contributed by atoms with Gasteiger partial charge in [0.25, 0.3) is 0 Å². The summed E-state index contributed by atoms with van der Waals surface area (Å²) in [5.41, 5.74) is 2.23. The summed E-state index contributed by atoms with van der Waals surface area (Å²) in [5.74, 6) is 0.887. The molecule has 0 fully saturated rings. The number of para-hydroxylation sites is 1. The van der Waals surface area contributed by atoms with Crippen LogP contribution < -0.4 is 0 Å². The minimum atomic E-state index is -0.827. The number of aromatic hydroxyl groups is 1. The molecule has 1 aromatic heterocycles. The fourth-order valence-electron chi connectivity index (χ4n) is 2.59. The third kappa shape index (κ3) is 2.57. The number of aryl methyl sites for hydroxylation is 1. The number of benzene rings is 2. The van der Waals surface area contributed by atoms with Crippen LogP contribution in [0.25, 0.3) is 11.0 Å². The molecule has 3 aromatic rings. The van der Waals surface area contributed by atoms with E-state index in [1.165, 1.54) is 0 Å². The van der Waals surface area contributed by atoms with Gasteiger partial charge in [-0.05, 0) is 55.6 Å². The molecule has 1 atom stereocenters. The van der Waals surface area contributed by atoms with E-state index in [0.29, 0.717) is 20.9 Å². The number of fused-ring (bicyclic) bond motifs is 1. The Labute approximate surface area is 144 Å². The van der Waals surface area contributed by atoms with E-state index in [-0.39, 0.29) is 5.75 Å². The van der Waals surface area contributed by atoms with E-state index < -0.39 is 6.10 Å². The summed E-state index contributed by atoms with van der Waals surface area (Å²) < 4.78 is 6.90. The van der Waals surface area contributed by atoms with Crippen molar-refractivity contribution >= 4 is 42.8 Å². The van der Waals surface area contributed by atoms with Crippen LogP contribution in [0.2, 0.25) is 0 Å². The molecule has 0 spiro atoms. The highest BCUT2D eigenvalue weighted by molar-refractivity contribution is 9.11.